The van der Waals surface area contributed by atoms with Gasteiger partial charge in [-0.3, -0.25) is 0 Å². The third-order valence-corrected chi connectivity index (χ3v) is 4.11. The molecule has 0 radical (unpaired) electrons. The topological polar surface area (TPSA) is 64.8 Å². The number of benzene rings is 1. The maximum atomic E-state index is 12.4. The van der Waals surface area contributed by atoms with Crippen molar-refractivity contribution in [2.24, 2.45) is 5.73 Å². The van der Waals surface area contributed by atoms with E-state index in [2.05, 4.69) is 0 Å². The van der Waals surface area contributed by atoms with Gasteiger partial charge in [0.2, 0.25) is 0 Å². The number of nitrogens with zero attached hydrogens (tertiary/aromatic N) is 1. The van der Waals surface area contributed by atoms with Crippen LogP contribution in [0.1, 0.15) is 52.0 Å². The monoisotopic (exact) mass is 334 g/mol. The van der Waals surface area contributed by atoms with Crippen molar-refractivity contribution < 1.29 is 14.3 Å². The second kappa shape index (κ2) is 8.38. The van der Waals surface area contributed by atoms with Crippen LogP contribution in [0.5, 0.6) is 5.75 Å². The third kappa shape index (κ3) is 5.71. The number of amides is 1. The van der Waals surface area contributed by atoms with Crippen molar-refractivity contribution >= 4 is 6.09 Å². The van der Waals surface area contributed by atoms with Gasteiger partial charge in [0.25, 0.3) is 0 Å². The summed E-state index contributed by atoms with van der Waals surface area (Å²) in [5.74, 6) is 0.831. The van der Waals surface area contributed by atoms with E-state index in [0.717, 1.165) is 43.5 Å². The molecule has 1 fully saturated rings. The summed E-state index contributed by atoms with van der Waals surface area (Å²) in [5.41, 5.74) is 6.25. The van der Waals surface area contributed by atoms with Gasteiger partial charge in [-0.05, 0) is 57.7 Å². The third-order valence-electron chi connectivity index (χ3n) is 4.11. The quantitative estimate of drug-likeness (QED) is 0.891. The SMILES string of the molecule is CC(C)(C)OC(=O)N1CCCCC1CCOc1cccc(CN)c1. The van der Waals surface area contributed by atoms with Crippen LogP contribution in [0, 0.1) is 0 Å². The van der Waals surface area contributed by atoms with E-state index in [0.29, 0.717) is 13.2 Å². The Morgan fingerprint density at radius 3 is 2.83 bits per heavy atom. The number of likely N-dealkylation sites (tertiary alicyclic amines) is 1. The highest BCUT2D eigenvalue weighted by Crippen LogP contribution is 2.23. The number of carbonyl (C=O) groups is 1. The van der Waals surface area contributed by atoms with Crippen molar-refractivity contribution in [3.05, 3.63) is 29.8 Å². The Morgan fingerprint density at radius 2 is 2.12 bits per heavy atom. The van der Waals surface area contributed by atoms with Crippen molar-refractivity contribution in [1.29, 1.82) is 0 Å². The van der Waals surface area contributed by atoms with Crippen LogP contribution >= 0.6 is 0 Å². The fourth-order valence-electron chi connectivity index (χ4n) is 2.94. The van der Waals surface area contributed by atoms with Crippen molar-refractivity contribution in [2.75, 3.05) is 13.2 Å². The lowest BCUT2D eigenvalue weighted by Gasteiger charge is -2.36. The molecule has 5 heteroatoms. The van der Waals surface area contributed by atoms with Crippen molar-refractivity contribution in [3.8, 4) is 5.75 Å². The molecule has 1 aromatic carbocycles. The molecule has 24 heavy (non-hydrogen) atoms. The molecular formula is C19H30N2O3. The van der Waals surface area contributed by atoms with Gasteiger partial charge in [-0.25, -0.2) is 4.79 Å². The molecule has 0 saturated carbocycles. The van der Waals surface area contributed by atoms with Crippen LogP contribution in [0.4, 0.5) is 4.79 Å². The highest BCUT2D eigenvalue weighted by Gasteiger charge is 2.30. The number of ether oxygens (including phenoxy) is 2. The summed E-state index contributed by atoms with van der Waals surface area (Å²) in [7, 11) is 0. The van der Waals surface area contributed by atoms with Crippen LogP contribution in [0.3, 0.4) is 0 Å². The van der Waals surface area contributed by atoms with Crippen molar-refractivity contribution in [1.82, 2.24) is 4.90 Å². The number of carbonyl (C=O) groups excluding carboxylic acids is 1. The molecule has 0 aromatic heterocycles. The summed E-state index contributed by atoms with van der Waals surface area (Å²) >= 11 is 0. The summed E-state index contributed by atoms with van der Waals surface area (Å²) in [5, 5.41) is 0. The Bertz CT molecular complexity index is 540. The lowest BCUT2D eigenvalue weighted by molar-refractivity contribution is 0.00744. The largest absolute Gasteiger partial charge is 0.494 e. The molecule has 1 unspecified atom stereocenters. The van der Waals surface area contributed by atoms with Crippen molar-refractivity contribution in [2.45, 2.75) is 64.6 Å². The molecule has 134 valence electrons. The minimum Gasteiger partial charge on any atom is -0.494 e. The van der Waals surface area contributed by atoms with Crippen LogP contribution in [-0.4, -0.2) is 35.8 Å². The Hall–Kier alpha value is -1.75. The Balaban J connectivity index is 1.87. The van der Waals surface area contributed by atoms with Gasteiger partial charge in [0.05, 0.1) is 6.61 Å². The van der Waals surface area contributed by atoms with Gasteiger partial charge in [-0.2, -0.15) is 0 Å². The van der Waals surface area contributed by atoms with Gasteiger partial charge < -0.3 is 20.1 Å². The minimum absolute atomic E-state index is 0.186. The van der Waals surface area contributed by atoms with Crippen LogP contribution in [-0.2, 0) is 11.3 Å². The normalized spacial score (nSPS) is 18.3. The lowest BCUT2D eigenvalue weighted by Crippen LogP contribution is -2.46. The molecule has 0 bridgehead atoms. The molecule has 1 heterocycles. The summed E-state index contributed by atoms with van der Waals surface area (Å²) in [4.78, 5) is 14.3. The van der Waals surface area contributed by atoms with Gasteiger partial charge >= 0.3 is 6.09 Å². The maximum absolute atomic E-state index is 12.4. The molecule has 1 saturated heterocycles. The molecule has 1 aliphatic rings. The van der Waals surface area contributed by atoms with Crippen LogP contribution in [0.2, 0.25) is 0 Å². The number of piperidine rings is 1. The smallest absolute Gasteiger partial charge is 0.410 e. The van der Waals surface area contributed by atoms with E-state index in [-0.39, 0.29) is 12.1 Å². The maximum Gasteiger partial charge on any atom is 0.410 e. The molecule has 1 aromatic rings. The minimum atomic E-state index is -0.460. The summed E-state index contributed by atoms with van der Waals surface area (Å²) in [6.07, 6.45) is 3.79. The molecule has 1 amide bonds. The highest BCUT2D eigenvalue weighted by atomic mass is 16.6. The molecule has 2 rings (SSSR count). The highest BCUT2D eigenvalue weighted by molar-refractivity contribution is 5.68. The molecule has 1 aliphatic heterocycles. The molecule has 2 N–H and O–H groups in total. The zero-order valence-corrected chi connectivity index (χ0v) is 15.1. The van der Waals surface area contributed by atoms with Crippen LogP contribution in [0.15, 0.2) is 24.3 Å². The summed E-state index contributed by atoms with van der Waals surface area (Å²) < 4.78 is 11.4. The molecule has 1 atom stereocenters. The predicted octanol–water partition coefficient (Wildman–Crippen LogP) is 3.70. The first-order chi connectivity index (χ1) is 11.4. The van der Waals surface area contributed by atoms with Gasteiger partial charge in [0.15, 0.2) is 0 Å². The Kier molecular flexibility index (Phi) is 6.49. The number of hydrogen-bond donors (Lipinski definition) is 1. The number of rotatable bonds is 5. The molecule has 5 nitrogen and oxygen atoms in total. The average Bonchev–Trinajstić information content (AvgIpc) is 2.54. The van der Waals surface area contributed by atoms with Gasteiger partial charge in [0.1, 0.15) is 11.4 Å². The fourth-order valence-corrected chi connectivity index (χ4v) is 2.94. The number of nitrogens with two attached hydrogens (primary N) is 1. The van der Waals surface area contributed by atoms with Gasteiger partial charge in [-0.1, -0.05) is 12.1 Å². The van der Waals surface area contributed by atoms with E-state index in [1.165, 1.54) is 0 Å². The first-order valence-corrected chi connectivity index (χ1v) is 8.80. The average molecular weight is 334 g/mol. The van der Waals surface area contributed by atoms with Gasteiger partial charge in [0, 0.05) is 25.6 Å². The van der Waals surface area contributed by atoms with Crippen LogP contribution in [0.25, 0.3) is 0 Å². The molecule has 0 aliphatic carbocycles. The lowest BCUT2D eigenvalue weighted by atomic mass is 10.0. The predicted molar refractivity (Wildman–Crippen MR) is 95.0 cm³/mol. The first kappa shape index (κ1) is 18.6. The standard InChI is InChI=1S/C19H30N2O3/c1-19(2,3)24-18(22)21-11-5-4-8-16(21)10-12-23-17-9-6-7-15(13-17)14-20/h6-7,9,13,16H,4-5,8,10-12,14,20H2,1-3H3. The van der Waals surface area contributed by atoms with Gasteiger partial charge in [-0.15, -0.1) is 0 Å². The van der Waals surface area contributed by atoms with E-state index < -0.39 is 5.60 Å². The Labute approximate surface area is 145 Å². The first-order valence-electron chi connectivity index (χ1n) is 8.80. The summed E-state index contributed by atoms with van der Waals surface area (Å²) in [6.45, 7) is 7.55. The van der Waals surface area contributed by atoms with Crippen LogP contribution < -0.4 is 10.5 Å². The summed E-state index contributed by atoms with van der Waals surface area (Å²) in [6, 6.07) is 8.02. The zero-order chi connectivity index (χ0) is 17.6. The van der Waals surface area contributed by atoms with E-state index in [1.54, 1.807) is 0 Å². The number of hydrogen-bond acceptors (Lipinski definition) is 4. The van der Waals surface area contributed by atoms with E-state index in [4.69, 9.17) is 15.2 Å². The molecule has 0 spiro atoms. The molecular weight excluding hydrogens is 304 g/mol. The zero-order valence-electron chi connectivity index (χ0n) is 15.1. The second-order valence-corrected chi connectivity index (χ2v) is 7.31. The van der Waals surface area contributed by atoms with E-state index >= 15 is 0 Å². The Morgan fingerprint density at radius 1 is 1.33 bits per heavy atom. The second-order valence-electron chi connectivity index (χ2n) is 7.31. The van der Waals surface area contributed by atoms with E-state index in [9.17, 15) is 4.79 Å². The van der Waals surface area contributed by atoms with Crippen molar-refractivity contribution in [3.63, 3.8) is 0 Å². The fraction of sp³-hybridized carbons (Fsp3) is 0.632. The van der Waals surface area contributed by atoms with E-state index in [1.807, 2.05) is 49.9 Å².